The first kappa shape index (κ1) is 16.4. The van der Waals surface area contributed by atoms with E-state index in [4.69, 9.17) is 0 Å². The van der Waals surface area contributed by atoms with E-state index in [1.54, 1.807) is 0 Å². The molecule has 0 aromatic carbocycles. The van der Waals surface area contributed by atoms with Crippen molar-refractivity contribution >= 4 is 15.7 Å². The molecule has 0 unspecified atom stereocenters. The van der Waals surface area contributed by atoms with E-state index in [1.165, 1.54) is 0 Å². The molecule has 4 heteroatoms. The SMILES string of the molecule is CC(C)[Si](O)(C(C)C)[Si](O)(C(C)C)C(C)C. The minimum absolute atomic E-state index is 0.231. The van der Waals surface area contributed by atoms with Gasteiger partial charge in [-0.2, -0.15) is 0 Å². The summed E-state index contributed by atoms with van der Waals surface area (Å²) in [6.45, 7) is 16.6. The molecular formula is C12H30O2Si2. The van der Waals surface area contributed by atoms with Crippen molar-refractivity contribution in [2.45, 2.75) is 77.6 Å². The molecule has 0 heterocycles. The van der Waals surface area contributed by atoms with Crippen molar-refractivity contribution in [3.8, 4) is 0 Å². The van der Waals surface area contributed by atoms with Gasteiger partial charge in [0.25, 0.3) is 0 Å². The number of rotatable bonds is 5. The molecule has 0 amide bonds. The summed E-state index contributed by atoms with van der Waals surface area (Å²) in [6.07, 6.45) is 0. The average molecular weight is 263 g/mol. The topological polar surface area (TPSA) is 40.5 Å². The smallest absolute Gasteiger partial charge is 0.212 e. The summed E-state index contributed by atoms with van der Waals surface area (Å²) in [6, 6.07) is 0. The van der Waals surface area contributed by atoms with Gasteiger partial charge in [-0.1, -0.05) is 55.4 Å². The van der Waals surface area contributed by atoms with Gasteiger partial charge in [0, 0.05) is 0 Å². The van der Waals surface area contributed by atoms with Gasteiger partial charge in [-0.15, -0.1) is 0 Å². The summed E-state index contributed by atoms with van der Waals surface area (Å²) < 4.78 is 0. The maximum atomic E-state index is 11.2. The third-order valence-corrected chi connectivity index (χ3v) is 23.3. The van der Waals surface area contributed by atoms with E-state index < -0.39 is 15.7 Å². The average Bonchev–Trinajstić information content (AvgIpc) is 2.13. The number of hydrogen-bond acceptors (Lipinski definition) is 2. The van der Waals surface area contributed by atoms with Crippen molar-refractivity contribution in [1.82, 2.24) is 0 Å². The van der Waals surface area contributed by atoms with E-state index >= 15 is 0 Å². The molecule has 0 radical (unpaired) electrons. The molecule has 0 aliphatic heterocycles. The molecule has 16 heavy (non-hydrogen) atoms. The molecule has 0 saturated carbocycles. The largest absolute Gasteiger partial charge is 0.431 e. The monoisotopic (exact) mass is 262 g/mol. The Hall–Kier alpha value is 0.354. The van der Waals surface area contributed by atoms with E-state index in [0.29, 0.717) is 0 Å². The van der Waals surface area contributed by atoms with Gasteiger partial charge in [-0.05, 0) is 22.2 Å². The first-order valence-electron chi connectivity index (χ1n) is 6.47. The van der Waals surface area contributed by atoms with Gasteiger partial charge < -0.3 is 9.59 Å². The van der Waals surface area contributed by atoms with Crippen molar-refractivity contribution in [3.63, 3.8) is 0 Å². The van der Waals surface area contributed by atoms with Crippen molar-refractivity contribution in [2.24, 2.45) is 0 Å². The Morgan fingerprint density at radius 2 is 0.625 bits per heavy atom. The van der Waals surface area contributed by atoms with Crippen molar-refractivity contribution in [3.05, 3.63) is 0 Å². The quantitative estimate of drug-likeness (QED) is 0.744. The van der Waals surface area contributed by atoms with Crippen LogP contribution in [0.4, 0.5) is 0 Å². The zero-order valence-corrected chi connectivity index (χ0v) is 14.2. The second-order valence-electron chi connectivity index (χ2n) is 6.27. The summed E-state index contributed by atoms with van der Waals surface area (Å²) in [7, 11) is -5.18. The van der Waals surface area contributed by atoms with Gasteiger partial charge in [0.2, 0.25) is 15.7 Å². The molecule has 0 aliphatic carbocycles. The molecule has 2 nitrogen and oxygen atoms in total. The molecule has 2 N–H and O–H groups in total. The van der Waals surface area contributed by atoms with E-state index in [9.17, 15) is 9.59 Å². The first-order valence-corrected chi connectivity index (χ1v) is 11.7. The van der Waals surface area contributed by atoms with Crippen LogP contribution in [-0.2, 0) is 0 Å². The fraction of sp³-hybridized carbons (Fsp3) is 1.00. The molecular weight excluding hydrogens is 232 g/mol. The maximum absolute atomic E-state index is 11.2. The van der Waals surface area contributed by atoms with Crippen molar-refractivity contribution in [1.29, 1.82) is 0 Å². The predicted molar refractivity (Wildman–Crippen MR) is 76.3 cm³/mol. The predicted octanol–water partition coefficient (Wildman–Crippen LogP) is 3.58. The summed E-state index contributed by atoms with van der Waals surface area (Å²) in [5.41, 5.74) is 0.922. The fourth-order valence-corrected chi connectivity index (χ4v) is 20.6. The van der Waals surface area contributed by atoms with E-state index in [1.807, 2.05) is 0 Å². The zero-order valence-electron chi connectivity index (χ0n) is 12.2. The Balaban J connectivity index is 5.64. The minimum Gasteiger partial charge on any atom is -0.431 e. The van der Waals surface area contributed by atoms with Crippen LogP contribution in [0, 0.1) is 0 Å². The molecule has 0 aliphatic rings. The van der Waals surface area contributed by atoms with Gasteiger partial charge in [-0.3, -0.25) is 0 Å². The van der Waals surface area contributed by atoms with E-state index in [0.717, 1.165) is 0 Å². The Morgan fingerprint density at radius 1 is 0.500 bits per heavy atom. The lowest BCUT2D eigenvalue weighted by Crippen LogP contribution is -2.70. The highest BCUT2D eigenvalue weighted by Gasteiger charge is 2.61. The van der Waals surface area contributed by atoms with Crippen LogP contribution in [0.2, 0.25) is 22.2 Å². The molecule has 0 rings (SSSR count). The lowest BCUT2D eigenvalue weighted by molar-refractivity contribution is 0.455. The normalized spacial score (nSPS) is 14.6. The van der Waals surface area contributed by atoms with Crippen LogP contribution < -0.4 is 0 Å². The Morgan fingerprint density at radius 3 is 0.688 bits per heavy atom. The molecule has 0 saturated heterocycles. The highest BCUT2D eigenvalue weighted by molar-refractivity contribution is 7.38. The van der Waals surface area contributed by atoms with Gasteiger partial charge in [0.1, 0.15) is 0 Å². The van der Waals surface area contributed by atoms with Gasteiger partial charge in [0.15, 0.2) is 0 Å². The van der Waals surface area contributed by atoms with Crippen LogP contribution in [0.3, 0.4) is 0 Å². The third-order valence-electron chi connectivity index (χ3n) is 4.16. The minimum atomic E-state index is -2.59. The summed E-state index contributed by atoms with van der Waals surface area (Å²) in [5.74, 6) is 0. The molecule has 0 fully saturated rings. The standard InChI is InChI=1S/C12H30O2Si2/c1-9(2)15(13,10(3)4)16(14,11(5)6)12(7)8/h9-14H,1-8H3. The second kappa shape index (κ2) is 5.33. The van der Waals surface area contributed by atoms with Crippen molar-refractivity contribution in [2.75, 3.05) is 0 Å². The van der Waals surface area contributed by atoms with Crippen LogP contribution >= 0.6 is 0 Å². The van der Waals surface area contributed by atoms with E-state index in [2.05, 4.69) is 55.4 Å². The van der Waals surface area contributed by atoms with Gasteiger partial charge in [-0.25, -0.2) is 0 Å². The first-order chi connectivity index (χ1) is 7.02. The summed E-state index contributed by atoms with van der Waals surface area (Å²) in [4.78, 5) is 22.4. The molecule has 0 aromatic heterocycles. The van der Waals surface area contributed by atoms with Gasteiger partial charge in [0.05, 0.1) is 0 Å². The Labute approximate surface area is 103 Å². The Kier molecular flexibility index (Phi) is 5.45. The molecule has 0 atom stereocenters. The molecule has 0 aromatic rings. The Bertz CT molecular complexity index is 185. The highest BCUT2D eigenvalue weighted by atomic mass is 29.3. The maximum Gasteiger partial charge on any atom is 0.212 e. The fourth-order valence-electron chi connectivity index (χ4n) is 3.18. The van der Waals surface area contributed by atoms with Crippen LogP contribution in [0.25, 0.3) is 0 Å². The summed E-state index contributed by atoms with van der Waals surface area (Å²) >= 11 is 0. The number of hydrogen-bond donors (Lipinski definition) is 2. The van der Waals surface area contributed by atoms with Crippen LogP contribution in [-0.4, -0.2) is 25.3 Å². The highest BCUT2D eigenvalue weighted by Crippen LogP contribution is 2.46. The van der Waals surface area contributed by atoms with Crippen molar-refractivity contribution < 1.29 is 9.59 Å². The lowest BCUT2D eigenvalue weighted by atomic mass is 10.5. The van der Waals surface area contributed by atoms with E-state index in [-0.39, 0.29) is 22.2 Å². The van der Waals surface area contributed by atoms with Crippen LogP contribution in [0.5, 0.6) is 0 Å². The third kappa shape index (κ3) is 2.30. The zero-order chi connectivity index (χ0) is 13.3. The molecule has 0 bridgehead atoms. The van der Waals surface area contributed by atoms with Gasteiger partial charge >= 0.3 is 0 Å². The summed E-state index contributed by atoms with van der Waals surface area (Å²) in [5, 5.41) is 0. The lowest BCUT2D eigenvalue weighted by Gasteiger charge is -2.49. The van der Waals surface area contributed by atoms with Crippen LogP contribution in [0.15, 0.2) is 0 Å². The second-order valence-corrected chi connectivity index (χ2v) is 19.0. The van der Waals surface area contributed by atoms with Crippen LogP contribution in [0.1, 0.15) is 55.4 Å². The molecule has 98 valence electrons. The molecule has 0 spiro atoms.